The molecule has 0 amide bonds. The van der Waals surface area contributed by atoms with Crippen LogP contribution in [0.2, 0.25) is 0 Å². The molecule has 78 valence electrons. The maximum absolute atomic E-state index is 10.4. The molecule has 7 heteroatoms. The van der Waals surface area contributed by atoms with E-state index in [4.69, 9.17) is 10.6 Å². The van der Waals surface area contributed by atoms with Crippen molar-refractivity contribution in [2.24, 2.45) is 5.84 Å². The zero-order valence-electron chi connectivity index (χ0n) is 7.39. The summed E-state index contributed by atoms with van der Waals surface area (Å²) in [6, 6.07) is 4.13. The monoisotopic (exact) mass is 263 g/mol. The number of nitrogens with two attached hydrogens (primary N) is 1. The Labute approximate surface area is 90.9 Å². The Bertz CT molecular complexity index is 332. The van der Waals surface area contributed by atoms with Gasteiger partial charge in [-0.1, -0.05) is 0 Å². The number of hydrogen-bond acceptors (Lipinski definition) is 5. The van der Waals surface area contributed by atoms with E-state index in [1.165, 1.54) is 25.3 Å². The van der Waals surface area contributed by atoms with Gasteiger partial charge in [-0.3, -0.25) is 16.0 Å². The van der Waals surface area contributed by atoms with Crippen LogP contribution in [0.1, 0.15) is 0 Å². The van der Waals surface area contributed by atoms with Gasteiger partial charge in [-0.2, -0.15) is 0 Å². The van der Waals surface area contributed by atoms with Crippen molar-refractivity contribution in [3.05, 3.63) is 28.3 Å². The molecule has 0 bridgehead atoms. The van der Waals surface area contributed by atoms with Gasteiger partial charge in [-0.15, -0.1) is 17.0 Å². The lowest BCUT2D eigenvalue weighted by Crippen LogP contribution is -2.08. The lowest BCUT2D eigenvalue weighted by Gasteiger charge is -2.06. The van der Waals surface area contributed by atoms with Gasteiger partial charge in [-0.25, -0.2) is 0 Å². The van der Waals surface area contributed by atoms with Crippen molar-refractivity contribution in [2.75, 3.05) is 12.5 Å². The molecule has 1 rings (SSSR count). The SMILES string of the molecule is Br.COc1cc([N+](=O)[O-])ccc1NN. The van der Waals surface area contributed by atoms with E-state index in [-0.39, 0.29) is 22.7 Å². The quantitative estimate of drug-likeness (QED) is 0.490. The second-order valence-electron chi connectivity index (χ2n) is 2.29. The summed E-state index contributed by atoms with van der Waals surface area (Å²) in [5, 5.41) is 10.4. The molecular formula is C7H10BrN3O3. The van der Waals surface area contributed by atoms with Gasteiger partial charge >= 0.3 is 0 Å². The number of non-ortho nitro benzene ring substituents is 1. The van der Waals surface area contributed by atoms with Crippen LogP contribution in [0.3, 0.4) is 0 Å². The molecule has 0 unspecified atom stereocenters. The van der Waals surface area contributed by atoms with Crippen molar-refractivity contribution in [1.82, 2.24) is 0 Å². The number of nitrogens with zero attached hydrogens (tertiary/aromatic N) is 1. The summed E-state index contributed by atoms with van der Waals surface area (Å²) < 4.78 is 4.88. The molecule has 1 aromatic carbocycles. The number of hydrazine groups is 1. The van der Waals surface area contributed by atoms with E-state index in [1.807, 2.05) is 0 Å². The third kappa shape index (κ3) is 2.57. The van der Waals surface area contributed by atoms with Gasteiger partial charge in [0, 0.05) is 6.07 Å². The fourth-order valence-electron chi connectivity index (χ4n) is 0.913. The summed E-state index contributed by atoms with van der Waals surface area (Å²) in [4.78, 5) is 9.87. The Kier molecular flexibility index (Phi) is 4.89. The number of nitro groups is 1. The number of benzene rings is 1. The fourth-order valence-corrected chi connectivity index (χ4v) is 0.913. The summed E-state index contributed by atoms with van der Waals surface area (Å²) >= 11 is 0. The standard InChI is InChI=1S/C7H9N3O3.BrH/c1-13-7-4-5(10(11)12)2-3-6(7)9-8;/h2-4,9H,8H2,1H3;1H. The van der Waals surface area contributed by atoms with Crippen LogP contribution in [-0.2, 0) is 0 Å². The van der Waals surface area contributed by atoms with E-state index in [1.54, 1.807) is 0 Å². The number of halogens is 1. The van der Waals surface area contributed by atoms with Gasteiger partial charge in [0.25, 0.3) is 5.69 Å². The Morgan fingerprint density at radius 2 is 2.21 bits per heavy atom. The van der Waals surface area contributed by atoms with Crippen LogP contribution in [-0.4, -0.2) is 12.0 Å². The van der Waals surface area contributed by atoms with E-state index in [0.717, 1.165) is 0 Å². The lowest BCUT2D eigenvalue weighted by atomic mass is 10.2. The molecular weight excluding hydrogens is 254 g/mol. The number of hydrogen-bond donors (Lipinski definition) is 2. The fraction of sp³-hybridized carbons (Fsp3) is 0.143. The number of rotatable bonds is 3. The Morgan fingerprint density at radius 3 is 2.64 bits per heavy atom. The molecule has 0 saturated heterocycles. The molecule has 0 saturated carbocycles. The van der Waals surface area contributed by atoms with E-state index < -0.39 is 4.92 Å². The van der Waals surface area contributed by atoms with Crippen molar-refractivity contribution in [2.45, 2.75) is 0 Å². The van der Waals surface area contributed by atoms with Crippen LogP contribution in [0.5, 0.6) is 5.75 Å². The van der Waals surface area contributed by atoms with Crippen LogP contribution in [0.25, 0.3) is 0 Å². The summed E-state index contributed by atoms with van der Waals surface area (Å²) in [6.07, 6.45) is 0. The number of anilines is 1. The zero-order chi connectivity index (χ0) is 9.84. The molecule has 0 spiro atoms. The minimum atomic E-state index is -0.497. The highest BCUT2D eigenvalue weighted by molar-refractivity contribution is 8.93. The average Bonchev–Trinajstić information content (AvgIpc) is 2.16. The van der Waals surface area contributed by atoms with Crippen LogP contribution in [0.15, 0.2) is 18.2 Å². The lowest BCUT2D eigenvalue weighted by molar-refractivity contribution is -0.384. The summed E-state index contributed by atoms with van der Waals surface area (Å²) in [6.45, 7) is 0. The smallest absolute Gasteiger partial charge is 0.273 e. The third-order valence-corrected chi connectivity index (χ3v) is 1.55. The van der Waals surface area contributed by atoms with Gasteiger partial charge < -0.3 is 10.2 Å². The van der Waals surface area contributed by atoms with Crippen LogP contribution in [0, 0.1) is 10.1 Å². The van der Waals surface area contributed by atoms with Gasteiger partial charge in [0.2, 0.25) is 0 Å². The largest absolute Gasteiger partial charge is 0.494 e. The third-order valence-electron chi connectivity index (χ3n) is 1.55. The maximum Gasteiger partial charge on any atom is 0.273 e. The van der Waals surface area contributed by atoms with Crippen molar-refractivity contribution in [3.8, 4) is 5.75 Å². The van der Waals surface area contributed by atoms with Crippen molar-refractivity contribution >= 4 is 28.4 Å². The first-order valence-electron chi connectivity index (χ1n) is 3.48. The molecule has 0 aliphatic heterocycles. The zero-order valence-corrected chi connectivity index (χ0v) is 9.10. The Balaban J connectivity index is 0.00000169. The highest BCUT2D eigenvalue weighted by Gasteiger charge is 2.09. The van der Waals surface area contributed by atoms with E-state index in [0.29, 0.717) is 11.4 Å². The van der Waals surface area contributed by atoms with Gasteiger partial charge in [0.15, 0.2) is 0 Å². The minimum Gasteiger partial charge on any atom is -0.494 e. The molecule has 14 heavy (non-hydrogen) atoms. The molecule has 0 aromatic heterocycles. The number of nitro benzene ring substituents is 1. The molecule has 0 aliphatic carbocycles. The minimum absolute atomic E-state index is 0. The Hall–Kier alpha value is -1.34. The predicted molar refractivity (Wildman–Crippen MR) is 57.8 cm³/mol. The van der Waals surface area contributed by atoms with Crippen LogP contribution < -0.4 is 16.0 Å². The van der Waals surface area contributed by atoms with Gasteiger partial charge in [-0.05, 0) is 6.07 Å². The molecule has 0 radical (unpaired) electrons. The van der Waals surface area contributed by atoms with Crippen molar-refractivity contribution < 1.29 is 9.66 Å². The van der Waals surface area contributed by atoms with Crippen molar-refractivity contribution in [3.63, 3.8) is 0 Å². The van der Waals surface area contributed by atoms with E-state index >= 15 is 0 Å². The molecule has 3 N–H and O–H groups in total. The molecule has 0 atom stereocenters. The predicted octanol–water partition coefficient (Wildman–Crippen LogP) is 1.47. The number of methoxy groups -OCH3 is 1. The molecule has 1 aromatic rings. The second-order valence-corrected chi connectivity index (χ2v) is 2.29. The first-order chi connectivity index (χ1) is 6.19. The normalized spacial score (nSPS) is 8.71. The van der Waals surface area contributed by atoms with E-state index in [2.05, 4.69) is 5.43 Å². The summed E-state index contributed by atoms with van der Waals surface area (Å²) in [7, 11) is 1.42. The molecule has 0 aliphatic rings. The second kappa shape index (κ2) is 5.40. The van der Waals surface area contributed by atoms with Gasteiger partial charge in [0.1, 0.15) is 5.75 Å². The number of nitrogen functional groups attached to an aromatic ring is 1. The number of nitrogens with one attached hydrogen (secondary N) is 1. The number of ether oxygens (including phenoxy) is 1. The van der Waals surface area contributed by atoms with Crippen LogP contribution in [0.4, 0.5) is 11.4 Å². The molecule has 0 fully saturated rings. The van der Waals surface area contributed by atoms with Crippen molar-refractivity contribution in [1.29, 1.82) is 0 Å². The van der Waals surface area contributed by atoms with E-state index in [9.17, 15) is 10.1 Å². The Morgan fingerprint density at radius 1 is 1.57 bits per heavy atom. The molecule has 6 nitrogen and oxygen atoms in total. The first kappa shape index (κ1) is 12.7. The highest BCUT2D eigenvalue weighted by Crippen LogP contribution is 2.27. The summed E-state index contributed by atoms with van der Waals surface area (Å²) in [5.41, 5.74) is 2.84. The molecule has 0 heterocycles. The maximum atomic E-state index is 10.4. The van der Waals surface area contributed by atoms with Gasteiger partial charge in [0.05, 0.1) is 23.8 Å². The average molecular weight is 264 g/mol. The first-order valence-corrected chi connectivity index (χ1v) is 3.48. The summed E-state index contributed by atoms with van der Waals surface area (Å²) in [5.74, 6) is 5.50. The topological polar surface area (TPSA) is 90.4 Å². The van der Waals surface area contributed by atoms with Crippen LogP contribution >= 0.6 is 17.0 Å². The highest BCUT2D eigenvalue weighted by atomic mass is 79.9.